The minimum absolute atomic E-state index is 0.0699. The summed E-state index contributed by atoms with van der Waals surface area (Å²) < 4.78 is 5.36. The van der Waals surface area contributed by atoms with Crippen LogP contribution in [0.5, 0.6) is 0 Å². The molecule has 120 valence electrons. The van der Waals surface area contributed by atoms with Crippen molar-refractivity contribution in [2.24, 2.45) is 0 Å². The molecule has 0 atom stereocenters. The molecule has 1 aromatic carbocycles. The molecule has 0 aliphatic carbocycles. The number of hydrogen-bond donors (Lipinski definition) is 1. The zero-order valence-electron chi connectivity index (χ0n) is 13.1. The van der Waals surface area contributed by atoms with Gasteiger partial charge in [0.25, 0.3) is 5.91 Å². The second-order valence-corrected chi connectivity index (χ2v) is 5.59. The van der Waals surface area contributed by atoms with Crippen LogP contribution in [0.4, 0.5) is 0 Å². The van der Waals surface area contributed by atoms with Crippen LogP contribution in [0.3, 0.4) is 0 Å². The Bertz CT molecular complexity index is 640. The Labute approximate surface area is 136 Å². The minimum atomic E-state index is -0.0699. The molecule has 3 rings (SSSR count). The number of carbonyl (C=O) groups is 1. The number of morpholine rings is 1. The normalized spacial score (nSPS) is 15.3. The molecule has 0 spiro atoms. The molecule has 1 N–H and O–H groups in total. The van der Waals surface area contributed by atoms with Gasteiger partial charge in [-0.15, -0.1) is 0 Å². The van der Waals surface area contributed by atoms with Crippen LogP contribution in [0.15, 0.2) is 48.7 Å². The van der Waals surface area contributed by atoms with Gasteiger partial charge in [-0.05, 0) is 29.8 Å². The van der Waals surface area contributed by atoms with E-state index in [1.54, 1.807) is 6.20 Å². The summed E-state index contributed by atoms with van der Waals surface area (Å²) in [7, 11) is 0. The Hall–Kier alpha value is -2.24. The number of benzene rings is 1. The molecular weight excluding hydrogens is 290 g/mol. The summed E-state index contributed by atoms with van der Waals surface area (Å²) in [4.78, 5) is 18.8. The van der Waals surface area contributed by atoms with Crippen molar-refractivity contribution in [2.75, 3.05) is 26.3 Å². The maximum absolute atomic E-state index is 12.3. The average molecular weight is 311 g/mol. The third kappa shape index (κ3) is 4.61. The topological polar surface area (TPSA) is 54.5 Å². The highest BCUT2D eigenvalue weighted by atomic mass is 16.5. The fourth-order valence-electron chi connectivity index (χ4n) is 2.60. The van der Waals surface area contributed by atoms with Crippen molar-refractivity contribution in [3.63, 3.8) is 0 Å². The summed E-state index contributed by atoms with van der Waals surface area (Å²) in [6.45, 7) is 4.73. The number of amides is 1. The highest BCUT2D eigenvalue weighted by Crippen LogP contribution is 2.10. The molecule has 5 nitrogen and oxygen atoms in total. The molecule has 0 radical (unpaired) electrons. The van der Waals surface area contributed by atoms with E-state index < -0.39 is 0 Å². The summed E-state index contributed by atoms with van der Waals surface area (Å²) in [5, 5.41) is 2.91. The van der Waals surface area contributed by atoms with Gasteiger partial charge in [0.2, 0.25) is 0 Å². The fraction of sp³-hybridized carbons (Fsp3) is 0.333. The van der Waals surface area contributed by atoms with E-state index >= 15 is 0 Å². The molecule has 23 heavy (non-hydrogen) atoms. The number of rotatable bonds is 5. The van der Waals surface area contributed by atoms with E-state index in [2.05, 4.69) is 21.3 Å². The summed E-state index contributed by atoms with van der Waals surface area (Å²) in [5.41, 5.74) is 2.69. The molecular formula is C18H21N3O2. The van der Waals surface area contributed by atoms with Crippen LogP contribution >= 0.6 is 0 Å². The standard InChI is InChI=1S/C18H21N3O2/c22-18(20-13-17-6-1-2-7-19-17)16-5-3-4-15(12-16)14-21-8-10-23-11-9-21/h1-7,12H,8-11,13-14H2,(H,20,22). The Balaban J connectivity index is 1.58. The fourth-order valence-corrected chi connectivity index (χ4v) is 2.60. The zero-order chi connectivity index (χ0) is 15.9. The number of nitrogens with one attached hydrogen (secondary N) is 1. The van der Waals surface area contributed by atoms with Crippen LogP contribution in [0.1, 0.15) is 21.6 Å². The smallest absolute Gasteiger partial charge is 0.251 e. The lowest BCUT2D eigenvalue weighted by Gasteiger charge is -2.26. The van der Waals surface area contributed by atoms with Crippen molar-refractivity contribution < 1.29 is 9.53 Å². The molecule has 0 saturated carbocycles. The SMILES string of the molecule is O=C(NCc1ccccn1)c1cccc(CN2CCOCC2)c1. The maximum atomic E-state index is 12.3. The number of nitrogens with zero attached hydrogens (tertiary/aromatic N) is 2. The molecule has 1 amide bonds. The van der Waals surface area contributed by atoms with E-state index in [1.165, 1.54) is 0 Å². The summed E-state index contributed by atoms with van der Waals surface area (Å²) in [5.74, 6) is -0.0699. The quantitative estimate of drug-likeness (QED) is 0.915. The highest BCUT2D eigenvalue weighted by Gasteiger charge is 2.12. The van der Waals surface area contributed by atoms with Gasteiger partial charge in [-0.3, -0.25) is 14.7 Å². The van der Waals surface area contributed by atoms with Gasteiger partial charge in [0.15, 0.2) is 0 Å². The second kappa shape index (κ2) is 7.85. The number of hydrogen-bond acceptors (Lipinski definition) is 4. The van der Waals surface area contributed by atoms with Crippen molar-refractivity contribution in [3.8, 4) is 0 Å². The molecule has 0 bridgehead atoms. The Morgan fingerprint density at radius 3 is 2.83 bits per heavy atom. The van der Waals surface area contributed by atoms with Crippen molar-refractivity contribution in [1.82, 2.24) is 15.2 Å². The maximum Gasteiger partial charge on any atom is 0.251 e. The van der Waals surface area contributed by atoms with E-state index in [1.807, 2.05) is 36.4 Å². The molecule has 1 aromatic heterocycles. The second-order valence-electron chi connectivity index (χ2n) is 5.59. The van der Waals surface area contributed by atoms with Gasteiger partial charge in [-0.1, -0.05) is 18.2 Å². The predicted octanol–water partition coefficient (Wildman–Crippen LogP) is 1.84. The van der Waals surface area contributed by atoms with E-state index in [9.17, 15) is 4.79 Å². The van der Waals surface area contributed by atoms with Gasteiger partial charge in [-0.25, -0.2) is 0 Å². The first-order chi connectivity index (χ1) is 11.3. The first-order valence-electron chi connectivity index (χ1n) is 7.88. The third-order valence-electron chi connectivity index (χ3n) is 3.86. The van der Waals surface area contributed by atoms with Crippen molar-refractivity contribution in [3.05, 3.63) is 65.5 Å². The summed E-state index contributed by atoms with van der Waals surface area (Å²) >= 11 is 0. The van der Waals surface area contributed by atoms with Crippen LogP contribution in [-0.4, -0.2) is 42.1 Å². The van der Waals surface area contributed by atoms with Crippen molar-refractivity contribution >= 4 is 5.91 Å². The monoisotopic (exact) mass is 311 g/mol. The van der Waals surface area contributed by atoms with Crippen molar-refractivity contribution in [1.29, 1.82) is 0 Å². The first kappa shape index (κ1) is 15.6. The zero-order valence-corrected chi connectivity index (χ0v) is 13.1. The molecule has 0 unspecified atom stereocenters. The highest BCUT2D eigenvalue weighted by molar-refractivity contribution is 5.94. The van der Waals surface area contributed by atoms with E-state index in [-0.39, 0.29) is 5.91 Å². The molecule has 5 heteroatoms. The lowest BCUT2D eigenvalue weighted by atomic mass is 10.1. The number of pyridine rings is 1. The van der Waals surface area contributed by atoms with E-state index in [4.69, 9.17) is 4.74 Å². The van der Waals surface area contributed by atoms with Gasteiger partial charge < -0.3 is 10.1 Å². The summed E-state index contributed by atoms with van der Waals surface area (Å²) in [6.07, 6.45) is 1.73. The Kier molecular flexibility index (Phi) is 5.34. The van der Waals surface area contributed by atoms with Gasteiger partial charge in [-0.2, -0.15) is 0 Å². The molecule has 1 saturated heterocycles. The lowest BCUT2D eigenvalue weighted by molar-refractivity contribution is 0.0342. The molecule has 1 fully saturated rings. The van der Waals surface area contributed by atoms with Crippen LogP contribution in [0, 0.1) is 0 Å². The van der Waals surface area contributed by atoms with Crippen molar-refractivity contribution in [2.45, 2.75) is 13.1 Å². The largest absolute Gasteiger partial charge is 0.379 e. The van der Waals surface area contributed by atoms with Gasteiger partial charge in [0.05, 0.1) is 25.5 Å². The van der Waals surface area contributed by atoms with Crippen LogP contribution in [0.2, 0.25) is 0 Å². The summed E-state index contributed by atoms with van der Waals surface area (Å²) in [6, 6.07) is 13.5. The number of carbonyl (C=O) groups excluding carboxylic acids is 1. The third-order valence-corrected chi connectivity index (χ3v) is 3.86. The average Bonchev–Trinajstić information content (AvgIpc) is 2.62. The van der Waals surface area contributed by atoms with Gasteiger partial charge in [0, 0.05) is 31.4 Å². The number of aromatic nitrogens is 1. The first-order valence-corrected chi connectivity index (χ1v) is 7.88. The lowest BCUT2D eigenvalue weighted by Crippen LogP contribution is -2.35. The van der Waals surface area contributed by atoms with E-state index in [0.717, 1.165) is 44.1 Å². The molecule has 1 aliphatic rings. The molecule has 1 aliphatic heterocycles. The number of ether oxygens (including phenoxy) is 1. The van der Waals surface area contributed by atoms with Gasteiger partial charge in [0.1, 0.15) is 0 Å². The Morgan fingerprint density at radius 2 is 2.04 bits per heavy atom. The molecule has 2 heterocycles. The molecule has 2 aromatic rings. The van der Waals surface area contributed by atoms with Crippen LogP contribution in [0.25, 0.3) is 0 Å². The van der Waals surface area contributed by atoms with Crippen LogP contribution in [-0.2, 0) is 17.8 Å². The predicted molar refractivity (Wildman–Crippen MR) is 87.9 cm³/mol. The minimum Gasteiger partial charge on any atom is -0.379 e. The Morgan fingerprint density at radius 1 is 1.17 bits per heavy atom. The van der Waals surface area contributed by atoms with Gasteiger partial charge >= 0.3 is 0 Å². The van der Waals surface area contributed by atoms with E-state index in [0.29, 0.717) is 12.1 Å². The van der Waals surface area contributed by atoms with Crippen LogP contribution < -0.4 is 5.32 Å².